The lowest BCUT2D eigenvalue weighted by molar-refractivity contribution is 0.144. The summed E-state index contributed by atoms with van der Waals surface area (Å²) in [6.45, 7) is 4.36. The van der Waals surface area contributed by atoms with E-state index in [9.17, 15) is 9.65 Å². The standard InChI is InChI=1S/C14H16FN/c1-10(2)11-7-14(8-11,9-16)12-4-3-5-13(15)6-12/h3-6,10-11H,7-8H2,1-2H3. The SMILES string of the molecule is CC(C)C1CC(C#N)(c2cccc(F)c2)C1. The maximum absolute atomic E-state index is 13.1. The van der Waals surface area contributed by atoms with Crippen LogP contribution in [-0.4, -0.2) is 0 Å². The quantitative estimate of drug-likeness (QED) is 0.741. The number of halogens is 1. The fourth-order valence-corrected chi connectivity index (χ4v) is 2.48. The molecule has 1 aromatic carbocycles. The molecule has 1 nitrogen and oxygen atoms in total. The zero-order valence-electron chi connectivity index (χ0n) is 9.70. The summed E-state index contributed by atoms with van der Waals surface area (Å²) >= 11 is 0. The van der Waals surface area contributed by atoms with Crippen molar-refractivity contribution in [3.05, 3.63) is 35.6 Å². The third-order valence-electron chi connectivity index (χ3n) is 3.76. The summed E-state index contributed by atoms with van der Waals surface area (Å²) in [6, 6.07) is 8.85. The largest absolute Gasteiger partial charge is 0.207 e. The van der Waals surface area contributed by atoms with Gasteiger partial charge in [-0.05, 0) is 42.4 Å². The van der Waals surface area contributed by atoms with Gasteiger partial charge in [0.1, 0.15) is 5.82 Å². The minimum atomic E-state index is -0.433. The maximum Gasteiger partial charge on any atom is 0.123 e. The van der Waals surface area contributed by atoms with Gasteiger partial charge in [-0.2, -0.15) is 5.26 Å². The molecule has 0 unspecified atom stereocenters. The molecule has 16 heavy (non-hydrogen) atoms. The van der Waals surface area contributed by atoms with Crippen molar-refractivity contribution in [1.29, 1.82) is 5.26 Å². The molecule has 0 bridgehead atoms. The third kappa shape index (κ3) is 1.71. The Morgan fingerprint density at radius 2 is 2.12 bits per heavy atom. The minimum Gasteiger partial charge on any atom is -0.207 e. The van der Waals surface area contributed by atoms with Crippen LogP contribution in [-0.2, 0) is 5.41 Å². The summed E-state index contributed by atoms with van der Waals surface area (Å²) in [7, 11) is 0. The van der Waals surface area contributed by atoms with Crippen LogP contribution in [0.5, 0.6) is 0 Å². The van der Waals surface area contributed by atoms with Gasteiger partial charge in [-0.15, -0.1) is 0 Å². The Bertz CT molecular complexity index is 425. The fraction of sp³-hybridized carbons (Fsp3) is 0.500. The number of hydrogen-bond donors (Lipinski definition) is 0. The average Bonchev–Trinajstić information content (AvgIpc) is 2.16. The molecule has 1 aliphatic carbocycles. The molecule has 0 saturated heterocycles. The van der Waals surface area contributed by atoms with Crippen LogP contribution in [0.25, 0.3) is 0 Å². The number of nitriles is 1. The molecule has 0 aliphatic heterocycles. The van der Waals surface area contributed by atoms with Crippen molar-refractivity contribution in [2.24, 2.45) is 11.8 Å². The highest BCUT2D eigenvalue weighted by Crippen LogP contribution is 2.50. The van der Waals surface area contributed by atoms with Crippen LogP contribution in [0.2, 0.25) is 0 Å². The first-order valence-corrected chi connectivity index (χ1v) is 5.75. The molecule has 1 saturated carbocycles. The van der Waals surface area contributed by atoms with Gasteiger partial charge < -0.3 is 0 Å². The highest BCUT2D eigenvalue weighted by molar-refractivity contribution is 5.36. The van der Waals surface area contributed by atoms with Crippen LogP contribution in [0.15, 0.2) is 24.3 Å². The molecule has 0 amide bonds. The van der Waals surface area contributed by atoms with E-state index in [-0.39, 0.29) is 5.82 Å². The van der Waals surface area contributed by atoms with Crippen LogP contribution in [0, 0.1) is 29.0 Å². The second kappa shape index (κ2) is 3.90. The van der Waals surface area contributed by atoms with E-state index in [2.05, 4.69) is 19.9 Å². The van der Waals surface area contributed by atoms with Crippen LogP contribution in [0.3, 0.4) is 0 Å². The fourth-order valence-electron chi connectivity index (χ4n) is 2.48. The summed E-state index contributed by atoms with van der Waals surface area (Å²) in [5.41, 5.74) is 0.406. The van der Waals surface area contributed by atoms with Gasteiger partial charge in [0, 0.05) is 0 Å². The summed E-state index contributed by atoms with van der Waals surface area (Å²) in [5, 5.41) is 9.31. The van der Waals surface area contributed by atoms with E-state index in [0.717, 1.165) is 18.4 Å². The van der Waals surface area contributed by atoms with Crippen molar-refractivity contribution in [1.82, 2.24) is 0 Å². The lowest BCUT2D eigenvalue weighted by Crippen LogP contribution is -2.42. The summed E-state index contributed by atoms with van der Waals surface area (Å²) in [6.07, 6.45) is 1.73. The van der Waals surface area contributed by atoms with Gasteiger partial charge in [0.25, 0.3) is 0 Å². The van der Waals surface area contributed by atoms with Crippen molar-refractivity contribution >= 4 is 0 Å². The second-order valence-electron chi connectivity index (χ2n) is 5.12. The Morgan fingerprint density at radius 1 is 1.44 bits per heavy atom. The van der Waals surface area contributed by atoms with Crippen LogP contribution < -0.4 is 0 Å². The van der Waals surface area contributed by atoms with Crippen molar-refractivity contribution in [2.45, 2.75) is 32.1 Å². The Hall–Kier alpha value is -1.36. The molecule has 0 N–H and O–H groups in total. The van der Waals surface area contributed by atoms with E-state index in [1.54, 1.807) is 6.07 Å². The van der Waals surface area contributed by atoms with Crippen molar-refractivity contribution in [3.8, 4) is 6.07 Å². The molecule has 1 aliphatic rings. The van der Waals surface area contributed by atoms with Crippen molar-refractivity contribution in [2.75, 3.05) is 0 Å². The predicted octanol–water partition coefficient (Wildman–Crippen LogP) is 3.65. The zero-order chi connectivity index (χ0) is 11.8. The first-order valence-electron chi connectivity index (χ1n) is 5.75. The van der Waals surface area contributed by atoms with Gasteiger partial charge in [-0.1, -0.05) is 26.0 Å². The first-order chi connectivity index (χ1) is 7.57. The second-order valence-corrected chi connectivity index (χ2v) is 5.12. The van der Waals surface area contributed by atoms with Gasteiger partial charge >= 0.3 is 0 Å². The van der Waals surface area contributed by atoms with E-state index in [4.69, 9.17) is 0 Å². The summed E-state index contributed by atoms with van der Waals surface area (Å²) in [5.74, 6) is 0.957. The third-order valence-corrected chi connectivity index (χ3v) is 3.76. The molecule has 2 heteroatoms. The van der Waals surface area contributed by atoms with Gasteiger partial charge in [0.15, 0.2) is 0 Å². The predicted molar refractivity (Wildman–Crippen MR) is 61.3 cm³/mol. The number of benzene rings is 1. The summed E-state index contributed by atoms with van der Waals surface area (Å²) in [4.78, 5) is 0. The molecule has 2 rings (SSSR count). The molecule has 0 radical (unpaired) electrons. The van der Waals surface area contributed by atoms with Gasteiger partial charge in [-0.25, -0.2) is 4.39 Å². The van der Waals surface area contributed by atoms with Gasteiger partial charge in [0.2, 0.25) is 0 Å². The summed E-state index contributed by atoms with van der Waals surface area (Å²) < 4.78 is 13.1. The Balaban J connectivity index is 2.23. The van der Waals surface area contributed by atoms with E-state index < -0.39 is 5.41 Å². The molecular formula is C14H16FN. The van der Waals surface area contributed by atoms with Crippen molar-refractivity contribution < 1.29 is 4.39 Å². The minimum absolute atomic E-state index is 0.250. The van der Waals surface area contributed by atoms with E-state index in [1.165, 1.54) is 12.1 Å². The zero-order valence-corrected chi connectivity index (χ0v) is 9.70. The molecule has 1 aromatic rings. The lowest BCUT2D eigenvalue weighted by Gasteiger charge is -2.45. The monoisotopic (exact) mass is 217 g/mol. The molecule has 0 spiro atoms. The van der Waals surface area contributed by atoms with E-state index >= 15 is 0 Å². The normalized spacial score (nSPS) is 28.6. The number of nitrogens with zero attached hydrogens (tertiary/aromatic N) is 1. The Morgan fingerprint density at radius 3 is 2.62 bits per heavy atom. The van der Waals surface area contributed by atoms with E-state index in [0.29, 0.717) is 11.8 Å². The molecule has 1 fully saturated rings. The van der Waals surface area contributed by atoms with Gasteiger partial charge in [0.05, 0.1) is 11.5 Å². The molecule has 84 valence electrons. The molecule has 0 atom stereocenters. The molecular weight excluding hydrogens is 201 g/mol. The van der Waals surface area contributed by atoms with E-state index in [1.807, 2.05) is 6.07 Å². The number of hydrogen-bond acceptors (Lipinski definition) is 1. The highest BCUT2D eigenvalue weighted by atomic mass is 19.1. The van der Waals surface area contributed by atoms with Crippen LogP contribution >= 0.6 is 0 Å². The lowest BCUT2D eigenvalue weighted by atomic mass is 9.56. The van der Waals surface area contributed by atoms with Crippen LogP contribution in [0.4, 0.5) is 4.39 Å². The molecule has 0 aromatic heterocycles. The Kier molecular flexibility index (Phi) is 2.71. The van der Waals surface area contributed by atoms with Crippen molar-refractivity contribution in [3.63, 3.8) is 0 Å². The number of rotatable bonds is 2. The highest BCUT2D eigenvalue weighted by Gasteiger charge is 2.46. The Labute approximate surface area is 95.9 Å². The van der Waals surface area contributed by atoms with Crippen LogP contribution in [0.1, 0.15) is 32.3 Å². The maximum atomic E-state index is 13.1. The average molecular weight is 217 g/mol. The topological polar surface area (TPSA) is 23.8 Å². The first kappa shape index (κ1) is 11.1. The molecule has 0 heterocycles. The smallest absolute Gasteiger partial charge is 0.123 e. The van der Waals surface area contributed by atoms with Gasteiger partial charge in [-0.3, -0.25) is 0 Å².